The molecule has 1 aromatic carbocycles. The fourth-order valence-corrected chi connectivity index (χ4v) is 1.43. The van der Waals surface area contributed by atoms with Gasteiger partial charge in [0.15, 0.2) is 0 Å². The zero-order valence-electron chi connectivity index (χ0n) is 5.79. The zero-order valence-corrected chi connectivity index (χ0v) is 6.60. The normalized spacial score (nSPS) is 15.8. The van der Waals surface area contributed by atoms with E-state index in [1.807, 2.05) is 0 Å². The largest absolute Gasteiger partial charge is 0.256 e. The highest BCUT2D eigenvalue weighted by Gasteiger charge is 2.05. The van der Waals surface area contributed by atoms with Crippen molar-refractivity contribution in [2.75, 3.05) is 0 Å². The van der Waals surface area contributed by atoms with Crippen LogP contribution in [0.4, 0.5) is 4.39 Å². The second-order valence-corrected chi connectivity index (χ2v) is 4.05. The topological polar surface area (TPSA) is 43.1 Å². The molecule has 0 amide bonds. The van der Waals surface area contributed by atoms with Gasteiger partial charge in [-0.3, -0.25) is 5.14 Å². The summed E-state index contributed by atoms with van der Waals surface area (Å²) < 4.78 is 23.8. The third-order valence-corrected chi connectivity index (χ3v) is 2.28. The Bertz CT molecular complexity index is 358. The van der Waals surface area contributed by atoms with Crippen LogP contribution in [0.1, 0.15) is 0 Å². The lowest BCUT2D eigenvalue weighted by Gasteiger charge is -2.02. The summed E-state index contributed by atoms with van der Waals surface area (Å²) in [4.78, 5) is -0.0278. The molecule has 0 aliphatic carbocycles. The summed E-state index contributed by atoms with van der Waals surface area (Å²) in [6.45, 7) is 0. The van der Waals surface area contributed by atoms with Crippen molar-refractivity contribution >= 4 is 15.6 Å². The second-order valence-electron chi connectivity index (χ2n) is 2.16. The summed E-state index contributed by atoms with van der Waals surface area (Å²) in [7, 11) is -2.91. The molecular weight excluding hydrogens is 165 g/mol. The molecule has 1 atom stereocenters. The molecular formula is C7H8FNOS. The van der Waals surface area contributed by atoms with Crippen molar-refractivity contribution in [3.63, 3.8) is 0 Å². The summed E-state index contributed by atoms with van der Waals surface area (Å²) in [5, 5.41) is 5.13. The number of benzene rings is 1. The smallest absolute Gasteiger partial charge is 0.139 e. The summed E-state index contributed by atoms with van der Waals surface area (Å²) >= 11 is 0. The molecule has 0 saturated heterocycles. The number of halogens is 1. The van der Waals surface area contributed by atoms with Gasteiger partial charge in [0.05, 0.1) is 14.6 Å². The first kappa shape index (κ1) is 8.23. The average Bonchev–Trinajstić information content (AvgIpc) is 1.86. The number of nitrogens with two attached hydrogens (primary N) is 1. The van der Waals surface area contributed by atoms with Crippen molar-refractivity contribution in [3.05, 3.63) is 30.1 Å². The van der Waals surface area contributed by atoms with Gasteiger partial charge in [0.2, 0.25) is 0 Å². The van der Waals surface area contributed by atoms with Crippen LogP contribution in [-0.2, 0) is 9.71 Å². The summed E-state index contributed by atoms with van der Waals surface area (Å²) in [5.41, 5.74) is 0. The fourth-order valence-electron chi connectivity index (χ4n) is 0.725. The highest BCUT2D eigenvalue weighted by atomic mass is 32.2. The second kappa shape index (κ2) is 2.64. The Hall–Kier alpha value is -0.870. The summed E-state index contributed by atoms with van der Waals surface area (Å²) in [5.74, 6) is 2.59. The summed E-state index contributed by atoms with van der Waals surface area (Å²) in [6.07, 6.45) is 0. The van der Waals surface area contributed by atoms with E-state index in [1.165, 1.54) is 18.2 Å². The van der Waals surface area contributed by atoms with Crippen LogP contribution in [0.25, 0.3) is 0 Å². The molecule has 60 valence electrons. The first-order chi connectivity index (χ1) is 5.02. The molecule has 1 unspecified atom stereocenters. The molecule has 0 aliphatic rings. The monoisotopic (exact) mass is 173 g/mol. The maximum Gasteiger partial charge on any atom is 0.139 e. The van der Waals surface area contributed by atoms with Crippen LogP contribution in [0.5, 0.6) is 0 Å². The Labute approximate surface area is 65.0 Å². The van der Waals surface area contributed by atoms with Crippen LogP contribution in [0.15, 0.2) is 29.2 Å². The molecule has 0 aliphatic heterocycles. The van der Waals surface area contributed by atoms with E-state index in [4.69, 9.17) is 5.14 Å². The van der Waals surface area contributed by atoms with Crippen LogP contribution >= 0.6 is 0 Å². The van der Waals surface area contributed by atoms with Crippen molar-refractivity contribution in [1.82, 2.24) is 0 Å². The van der Waals surface area contributed by atoms with E-state index in [2.05, 4.69) is 5.87 Å². The highest BCUT2D eigenvalue weighted by Crippen LogP contribution is 2.10. The molecule has 2 nitrogen and oxygen atoms in total. The maximum absolute atomic E-state index is 12.8. The molecule has 0 heterocycles. The molecule has 0 radical (unpaired) electrons. The predicted octanol–water partition coefficient (Wildman–Crippen LogP) is 0.775. The van der Waals surface area contributed by atoms with E-state index in [9.17, 15) is 8.60 Å². The highest BCUT2D eigenvalue weighted by molar-refractivity contribution is 7.98. The zero-order chi connectivity index (χ0) is 8.48. The number of hydrogen-bond acceptors (Lipinski definition) is 1. The standard InChI is InChI=1S/C7H8FNOS/c1-11(9,10)7-5-3-2-4-6(7)8/h2-5H,1H2,(H2,9,10). The van der Waals surface area contributed by atoms with Gasteiger partial charge in [-0.15, -0.1) is 0 Å². The summed E-state index contributed by atoms with van der Waals surface area (Å²) in [6, 6.07) is 5.64. The number of rotatable bonds is 1. The van der Waals surface area contributed by atoms with Crippen molar-refractivity contribution in [2.24, 2.45) is 5.14 Å². The molecule has 0 aromatic heterocycles. The van der Waals surface area contributed by atoms with Crippen LogP contribution in [-0.4, -0.2) is 10.1 Å². The van der Waals surface area contributed by atoms with Gasteiger partial charge in [0.1, 0.15) is 5.82 Å². The van der Waals surface area contributed by atoms with Crippen molar-refractivity contribution < 1.29 is 8.60 Å². The average molecular weight is 173 g/mol. The molecule has 1 rings (SSSR count). The van der Waals surface area contributed by atoms with E-state index < -0.39 is 15.5 Å². The molecule has 4 heteroatoms. The Kier molecular flexibility index (Phi) is 1.97. The SMILES string of the molecule is C=S(N)(=O)c1ccccc1F. The van der Waals surface area contributed by atoms with Gasteiger partial charge in [-0.05, 0) is 18.0 Å². The van der Waals surface area contributed by atoms with Crippen LogP contribution < -0.4 is 5.14 Å². The first-order valence-corrected chi connectivity index (χ1v) is 4.70. The van der Waals surface area contributed by atoms with Gasteiger partial charge in [-0.2, -0.15) is 0 Å². The Morgan fingerprint density at radius 3 is 2.36 bits per heavy atom. The minimum atomic E-state index is -2.91. The van der Waals surface area contributed by atoms with Gasteiger partial charge in [0, 0.05) is 0 Å². The molecule has 0 saturated carbocycles. The minimum absolute atomic E-state index is 0.0278. The van der Waals surface area contributed by atoms with E-state index in [0.717, 1.165) is 0 Å². The van der Waals surface area contributed by atoms with Gasteiger partial charge in [-0.1, -0.05) is 12.1 Å². The predicted molar refractivity (Wildman–Crippen MR) is 44.1 cm³/mol. The third kappa shape index (κ3) is 1.78. The lowest BCUT2D eigenvalue weighted by molar-refractivity contribution is 0.595. The minimum Gasteiger partial charge on any atom is -0.256 e. The Balaban J connectivity index is 3.37. The van der Waals surface area contributed by atoms with Crippen LogP contribution in [0.2, 0.25) is 0 Å². The molecule has 2 N–H and O–H groups in total. The maximum atomic E-state index is 12.8. The van der Waals surface area contributed by atoms with E-state index in [-0.39, 0.29) is 4.90 Å². The Morgan fingerprint density at radius 2 is 2.00 bits per heavy atom. The van der Waals surface area contributed by atoms with Crippen molar-refractivity contribution in [1.29, 1.82) is 0 Å². The lowest BCUT2D eigenvalue weighted by Crippen LogP contribution is -2.13. The molecule has 0 spiro atoms. The Morgan fingerprint density at radius 1 is 1.45 bits per heavy atom. The van der Waals surface area contributed by atoms with Gasteiger partial charge < -0.3 is 0 Å². The van der Waals surface area contributed by atoms with Crippen molar-refractivity contribution in [3.8, 4) is 0 Å². The van der Waals surface area contributed by atoms with Crippen molar-refractivity contribution in [2.45, 2.75) is 4.90 Å². The molecule has 1 aromatic rings. The molecule has 0 fully saturated rings. The van der Waals surface area contributed by atoms with Gasteiger partial charge in [-0.25, -0.2) is 8.60 Å². The van der Waals surface area contributed by atoms with Crippen LogP contribution in [0.3, 0.4) is 0 Å². The van der Waals surface area contributed by atoms with Gasteiger partial charge in [0.25, 0.3) is 0 Å². The third-order valence-electron chi connectivity index (χ3n) is 1.21. The molecule has 0 bridgehead atoms. The van der Waals surface area contributed by atoms with E-state index >= 15 is 0 Å². The number of hydrogen-bond donors (Lipinski definition) is 1. The van der Waals surface area contributed by atoms with E-state index in [1.54, 1.807) is 6.07 Å². The first-order valence-electron chi connectivity index (χ1n) is 2.91. The fraction of sp³-hybridized carbons (Fsp3) is 0. The molecule has 11 heavy (non-hydrogen) atoms. The van der Waals surface area contributed by atoms with E-state index in [0.29, 0.717) is 0 Å². The van der Waals surface area contributed by atoms with Gasteiger partial charge >= 0.3 is 0 Å². The lowest BCUT2D eigenvalue weighted by atomic mass is 10.4. The van der Waals surface area contributed by atoms with Crippen LogP contribution in [0, 0.1) is 5.82 Å². The quantitative estimate of drug-likeness (QED) is 0.626.